The highest BCUT2D eigenvalue weighted by atomic mass is 35.5. The largest absolute Gasteiger partial charge is 0.279 e. The molecule has 16 heavy (non-hydrogen) atoms. The van der Waals surface area contributed by atoms with Gasteiger partial charge in [0, 0.05) is 6.07 Å². The summed E-state index contributed by atoms with van der Waals surface area (Å²) in [6.45, 7) is 0. The molecule has 5 nitrogen and oxygen atoms in total. The van der Waals surface area contributed by atoms with E-state index >= 15 is 0 Å². The third-order valence-corrected chi connectivity index (χ3v) is 2.84. The molecular formula is C8H3ClFN3O2S. The zero-order valence-electron chi connectivity index (χ0n) is 7.55. The van der Waals surface area contributed by atoms with Crippen molar-refractivity contribution >= 4 is 28.6 Å². The number of benzene rings is 1. The lowest BCUT2D eigenvalue weighted by atomic mass is 10.2. The summed E-state index contributed by atoms with van der Waals surface area (Å²) >= 11 is 6.52. The maximum Gasteiger partial charge on any atom is 0.279 e. The Morgan fingerprint density at radius 2 is 2.19 bits per heavy atom. The van der Waals surface area contributed by atoms with Gasteiger partial charge in [-0.25, -0.2) is 4.39 Å². The molecule has 2 rings (SSSR count). The Morgan fingerprint density at radius 3 is 2.75 bits per heavy atom. The summed E-state index contributed by atoms with van der Waals surface area (Å²) in [7, 11) is 0. The predicted octanol–water partition coefficient (Wildman–Crippen LogP) is 2.91. The molecule has 1 aromatic carbocycles. The van der Waals surface area contributed by atoms with Gasteiger partial charge in [0.05, 0.1) is 10.5 Å². The van der Waals surface area contributed by atoms with Gasteiger partial charge in [-0.1, -0.05) is 11.3 Å². The summed E-state index contributed by atoms with van der Waals surface area (Å²) in [4.78, 5) is 10.1. The standard InChI is InChI=1S/C8H3ClFN3O2S/c9-8-12-11-7(16-8)5-3-4(10)1-2-6(5)13(14)15/h1-3H. The van der Waals surface area contributed by atoms with Crippen LogP contribution in [0.2, 0.25) is 4.47 Å². The van der Waals surface area contributed by atoms with E-state index in [-0.39, 0.29) is 20.7 Å². The first-order valence-corrected chi connectivity index (χ1v) is 5.20. The van der Waals surface area contributed by atoms with Crippen LogP contribution in [0.3, 0.4) is 0 Å². The van der Waals surface area contributed by atoms with Gasteiger partial charge >= 0.3 is 0 Å². The lowest BCUT2D eigenvalue weighted by Crippen LogP contribution is -1.92. The number of nitro groups is 1. The number of rotatable bonds is 2. The molecule has 0 spiro atoms. The summed E-state index contributed by atoms with van der Waals surface area (Å²) in [6, 6.07) is 3.14. The average Bonchev–Trinajstić information content (AvgIpc) is 2.64. The summed E-state index contributed by atoms with van der Waals surface area (Å²) < 4.78 is 13.2. The summed E-state index contributed by atoms with van der Waals surface area (Å²) in [5.74, 6) is -0.577. The second-order valence-corrected chi connectivity index (χ2v) is 4.34. The highest BCUT2D eigenvalue weighted by Crippen LogP contribution is 2.33. The molecule has 82 valence electrons. The molecule has 0 saturated heterocycles. The van der Waals surface area contributed by atoms with Crippen LogP contribution in [-0.4, -0.2) is 15.1 Å². The van der Waals surface area contributed by atoms with Crippen LogP contribution in [0.25, 0.3) is 10.6 Å². The summed E-state index contributed by atoms with van der Waals surface area (Å²) in [5, 5.41) is 18.1. The van der Waals surface area contributed by atoms with Crippen LogP contribution in [-0.2, 0) is 0 Å². The lowest BCUT2D eigenvalue weighted by molar-refractivity contribution is -0.384. The van der Waals surface area contributed by atoms with E-state index in [1.54, 1.807) is 0 Å². The van der Waals surface area contributed by atoms with Gasteiger partial charge in [-0.15, -0.1) is 10.2 Å². The van der Waals surface area contributed by atoms with E-state index in [2.05, 4.69) is 10.2 Å². The average molecular weight is 260 g/mol. The number of hydrogen-bond acceptors (Lipinski definition) is 5. The minimum atomic E-state index is -0.607. The molecule has 0 atom stereocenters. The van der Waals surface area contributed by atoms with Crippen LogP contribution < -0.4 is 0 Å². The Bertz CT molecular complexity index is 560. The second-order valence-electron chi connectivity index (χ2n) is 2.78. The topological polar surface area (TPSA) is 68.9 Å². The Balaban J connectivity index is 2.62. The minimum absolute atomic E-state index is 0.0781. The zero-order chi connectivity index (χ0) is 11.7. The van der Waals surface area contributed by atoms with E-state index in [9.17, 15) is 14.5 Å². The number of halogens is 2. The van der Waals surface area contributed by atoms with Crippen molar-refractivity contribution < 1.29 is 9.31 Å². The fourth-order valence-corrected chi connectivity index (χ4v) is 2.01. The molecule has 0 radical (unpaired) electrons. The monoisotopic (exact) mass is 259 g/mol. The van der Waals surface area contributed by atoms with Crippen molar-refractivity contribution in [2.45, 2.75) is 0 Å². The van der Waals surface area contributed by atoms with Gasteiger partial charge in [-0.3, -0.25) is 10.1 Å². The van der Waals surface area contributed by atoms with Gasteiger partial charge in [0.15, 0.2) is 5.01 Å². The fourth-order valence-electron chi connectivity index (χ4n) is 1.15. The first-order valence-electron chi connectivity index (χ1n) is 4.01. The van der Waals surface area contributed by atoms with E-state index in [4.69, 9.17) is 11.6 Å². The molecule has 2 aromatic rings. The van der Waals surface area contributed by atoms with Gasteiger partial charge in [0.1, 0.15) is 5.82 Å². The number of hydrogen-bond donors (Lipinski definition) is 0. The molecule has 0 unspecified atom stereocenters. The van der Waals surface area contributed by atoms with Crippen LogP contribution in [0.1, 0.15) is 0 Å². The molecule has 0 N–H and O–H groups in total. The Kier molecular flexibility index (Phi) is 2.80. The summed E-state index contributed by atoms with van der Waals surface area (Å²) in [6.07, 6.45) is 0. The van der Waals surface area contributed by atoms with E-state index in [1.165, 1.54) is 0 Å². The van der Waals surface area contributed by atoms with Gasteiger partial charge in [0.2, 0.25) is 4.47 Å². The Morgan fingerprint density at radius 1 is 1.44 bits per heavy atom. The van der Waals surface area contributed by atoms with E-state index in [0.29, 0.717) is 0 Å². The second kappa shape index (κ2) is 4.11. The van der Waals surface area contributed by atoms with Gasteiger partial charge in [0.25, 0.3) is 5.69 Å². The van der Waals surface area contributed by atoms with E-state index < -0.39 is 10.7 Å². The van der Waals surface area contributed by atoms with Crippen molar-refractivity contribution in [2.24, 2.45) is 0 Å². The number of aromatic nitrogens is 2. The van der Waals surface area contributed by atoms with Crippen molar-refractivity contribution in [2.75, 3.05) is 0 Å². The zero-order valence-corrected chi connectivity index (χ0v) is 9.13. The predicted molar refractivity (Wildman–Crippen MR) is 57.0 cm³/mol. The Labute approximate surface area is 97.7 Å². The molecule has 8 heteroatoms. The van der Waals surface area contributed by atoms with E-state index in [1.807, 2.05) is 0 Å². The van der Waals surface area contributed by atoms with Crippen LogP contribution in [0.4, 0.5) is 10.1 Å². The maximum absolute atomic E-state index is 13.0. The third-order valence-electron chi connectivity index (χ3n) is 1.79. The molecule has 0 aliphatic rings. The molecule has 0 fully saturated rings. The molecule has 0 amide bonds. The van der Waals surface area contributed by atoms with Crippen LogP contribution in [0.15, 0.2) is 18.2 Å². The van der Waals surface area contributed by atoms with Crippen molar-refractivity contribution in [3.8, 4) is 10.6 Å². The Hall–Kier alpha value is -1.60. The van der Waals surface area contributed by atoms with Crippen molar-refractivity contribution in [1.82, 2.24) is 10.2 Å². The summed E-state index contributed by atoms with van der Waals surface area (Å²) in [5.41, 5.74) is -0.149. The molecule has 0 saturated carbocycles. The first kappa shape index (κ1) is 10.9. The number of nitro benzene ring substituents is 1. The molecule has 0 aliphatic heterocycles. The molecule has 1 aromatic heterocycles. The molecule has 0 aliphatic carbocycles. The van der Waals surface area contributed by atoms with Crippen molar-refractivity contribution in [3.05, 3.63) is 38.6 Å². The van der Waals surface area contributed by atoms with Crippen LogP contribution in [0.5, 0.6) is 0 Å². The van der Waals surface area contributed by atoms with Crippen molar-refractivity contribution in [3.63, 3.8) is 0 Å². The minimum Gasteiger partial charge on any atom is -0.258 e. The highest BCUT2D eigenvalue weighted by molar-refractivity contribution is 7.18. The lowest BCUT2D eigenvalue weighted by Gasteiger charge is -1.98. The molecular weight excluding hydrogens is 257 g/mol. The number of nitrogens with zero attached hydrogens (tertiary/aromatic N) is 3. The smallest absolute Gasteiger partial charge is 0.258 e. The highest BCUT2D eigenvalue weighted by Gasteiger charge is 2.19. The molecule has 0 bridgehead atoms. The van der Waals surface area contributed by atoms with Gasteiger partial charge in [-0.2, -0.15) is 0 Å². The first-order chi connectivity index (χ1) is 7.58. The van der Waals surface area contributed by atoms with Gasteiger partial charge in [-0.05, 0) is 23.7 Å². The van der Waals surface area contributed by atoms with E-state index in [0.717, 1.165) is 29.5 Å². The molecule has 1 heterocycles. The van der Waals surface area contributed by atoms with Crippen LogP contribution >= 0.6 is 22.9 Å². The maximum atomic E-state index is 13.0. The SMILES string of the molecule is O=[N+]([O-])c1ccc(F)cc1-c1nnc(Cl)s1. The van der Waals surface area contributed by atoms with Gasteiger partial charge < -0.3 is 0 Å². The van der Waals surface area contributed by atoms with Crippen molar-refractivity contribution in [1.29, 1.82) is 0 Å². The third kappa shape index (κ3) is 2.00. The normalized spacial score (nSPS) is 10.4. The fraction of sp³-hybridized carbons (Fsp3) is 0. The quantitative estimate of drug-likeness (QED) is 0.614. The van der Waals surface area contributed by atoms with Crippen LogP contribution in [0, 0.1) is 15.9 Å².